The van der Waals surface area contributed by atoms with Crippen molar-refractivity contribution < 1.29 is 13.8 Å². The highest BCUT2D eigenvalue weighted by Gasteiger charge is 2.30. The Morgan fingerprint density at radius 3 is 1.54 bits per heavy atom. The second-order valence-corrected chi connectivity index (χ2v) is 14.2. The first-order chi connectivity index (χ1) is 27.8. The fourth-order valence-electron chi connectivity index (χ4n) is 8.45. The Bertz CT molecular complexity index is 3160. The summed E-state index contributed by atoms with van der Waals surface area (Å²) in [5, 5.41) is 4.87. The molecule has 0 radical (unpaired) electrons. The van der Waals surface area contributed by atoms with Gasteiger partial charge in [-0.3, -0.25) is 0 Å². The Balaban J connectivity index is 1.31. The lowest BCUT2D eigenvalue weighted by Crippen LogP contribution is -2.58. The van der Waals surface area contributed by atoms with Gasteiger partial charge in [-0.25, -0.2) is 0 Å². The van der Waals surface area contributed by atoms with Crippen LogP contribution in [0.3, 0.4) is 0 Å². The van der Waals surface area contributed by atoms with Gasteiger partial charge in [0.05, 0.1) is 11.0 Å². The van der Waals surface area contributed by atoms with E-state index in [9.17, 15) is 0 Å². The standard InChI is InChI=1S/C51H36N5/c1-5-18-37(19-6-1)38-20-17-21-39(32-38)45-33-48-49(50-43-28-13-15-30-46(43)55(51(45)50)42-26-11-4-12-27-42)44-29-14-16-31-47(44)56(48)54-35-52(40-22-7-2-8-23-40)34-53(36-54)41-24-9-3-10-25-41/h1-36H/q+3. The van der Waals surface area contributed by atoms with Crippen LogP contribution in [0.5, 0.6) is 0 Å². The van der Waals surface area contributed by atoms with Crippen molar-refractivity contribution in [1.82, 2.24) is 9.24 Å². The van der Waals surface area contributed by atoms with E-state index in [1.54, 1.807) is 0 Å². The average Bonchev–Trinajstić information content (AvgIpc) is 3.80. The molecule has 56 heavy (non-hydrogen) atoms. The van der Waals surface area contributed by atoms with Crippen LogP contribution in [0.25, 0.3) is 82.9 Å². The van der Waals surface area contributed by atoms with E-state index in [1.807, 2.05) is 0 Å². The summed E-state index contributed by atoms with van der Waals surface area (Å²) >= 11 is 0. The zero-order valence-corrected chi connectivity index (χ0v) is 30.5. The maximum atomic E-state index is 2.46. The normalized spacial score (nSPS) is 11.6. The molecule has 5 nitrogen and oxygen atoms in total. The molecule has 0 fully saturated rings. The summed E-state index contributed by atoms with van der Waals surface area (Å²) in [4.78, 5) is 0. The van der Waals surface area contributed by atoms with Gasteiger partial charge >= 0.3 is 19.0 Å². The summed E-state index contributed by atoms with van der Waals surface area (Å²) in [6, 6.07) is 71.6. The van der Waals surface area contributed by atoms with Crippen molar-refractivity contribution >= 4 is 43.6 Å². The van der Waals surface area contributed by atoms with E-state index in [0.29, 0.717) is 0 Å². The molecule has 0 aliphatic heterocycles. The highest BCUT2D eigenvalue weighted by atomic mass is 15.5. The van der Waals surface area contributed by atoms with Gasteiger partial charge in [-0.05, 0) is 62.2 Å². The molecule has 0 bridgehead atoms. The maximum Gasteiger partial charge on any atom is 0.452 e. The minimum absolute atomic E-state index is 1.07. The summed E-state index contributed by atoms with van der Waals surface area (Å²) in [5.74, 6) is 0. The Labute approximate surface area is 324 Å². The number of rotatable bonds is 6. The predicted molar refractivity (Wildman–Crippen MR) is 225 cm³/mol. The first-order valence-electron chi connectivity index (χ1n) is 19.0. The van der Waals surface area contributed by atoms with Gasteiger partial charge in [-0.1, -0.05) is 140 Å². The molecule has 11 aromatic rings. The summed E-state index contributed by atoms with van der Waals surface area (Å²) in [7, 11) is 0. The van der Waals surface area contributed by atoms with Crippen LogP contribution in [0.15, 0.2) is 219 Å². The third-order valence-corrected chi connectivity index (χ3v) is 10.9. The molecule has 3 heterocycles. The predicted octanol–water partition coefficient (Wildman–Crippen LogP) is 10.4. The van der Waals surface area contributed by atoms with E-state index in [4.69, 9.17) is 0 Å². The Hall–Kier alpha value is -7.63. The molecule has 0 unspecified atom stereocenters. The third kappa shape index (κ3) is 5.13. The number of benzene rings is 8. The number of aromatic nitrogens is 5. The third-order valence-electron chi connectivity index (χ3n) is 10.9. The zero-order chi connectivity index (χ0) is 37.0. The molecule has 262 valence electrons. The SMILES string of the molecule is c1ccc(-c2cccc(-c3cc4c(c5ccccc5n4-[n+]4c[n+](-c5ccccc5)c[n+](-c5ccccc5)c4)c4c5ccccc5n(-c5ccccc5)c34)c2)cc1. The Morgan fingerprint density at radius 2 is 0.875 bits per heavy atom. The van der Waals surface area contributed by atoms with Crippen LogP contribution in [0.1, 0.15) is 0 Å². The van der Waals surface area contributed by atoms with Crippen molar-refractivity contribution in [1.29, 1.82) is 0 Å². The maximum absolute atomic E-state index is 2.46. The molecule has 0 amide bonds. The van der Waals surface area contributed by atoms with E-state index < -0.39 is 0 Å². The molecule has 0 saturated heterocycles. The van der Waals surface area contributed by atoms with Gasteiger partial charge in [0.25, 0.3) is 0 Å². The first-order valence-corrected chi connectivity index (χ1v) is 19.0. The van der Waals surface area contributed by atoms with Crippen LogP contribution in [-0.2, 0) is 0 Å². The Morgan fingerprint density at radius 1 is 0.357 bits per heavy atom. The van der Waals surface area contributed by atoms with Crippen LogP contribution in [0, 0.1) is 0 Å². The zero-order valence-electron chi connectivity index (χ0n) is 30.5. The summed E-state index contributed by atoms with van der Waals surface area (Å²) in [5.41, 5.74) is 12.6. The number of hydrogen-bond acceptors (Lipinski definition) is 0. The smallest absolute Gasteiger partial charge is 0.309 e. The molecule has 8 aromatic carbocycles. The monoisotopic (exact) mass is 718 g/mol. The average molecular weight is 719 g/mol. The topological polar surface area (TPSA) is 21.5 Å². The molecule has 5 heteroatoms. The second-order valence-electron chi connectivity index (χ2n) is 14.2. The number of hydrogen-bond donors (Lipinski definition) is 0. The lowest BCUT2D eigenvalue weighted by molar-refractivity contribution is -0.901. The van der Waals surface area contributed by atoms with Gasteiger partial charge in [0.15, 0.2) is 0 Å². The fraction of sp³-hybridized carbons (Fsp3) is 0. The summed E-state index contributed by atoms with van der Waals surface area (Å²) in [6.45, 7) is 0. The van der Waals surface area contributed by atoms with Gasteiger partial charge < -0.3 is 4.57 Å². The Kier molecular flexibility index (Phi) is 7.42. The van der Waals surface area contributed by atoms with E-state index in [1.165, 1.54) is 43.7 Å². The van der Waals surface area contributed by atoms with Crippen molar-refractivity contribution in [2.24, 2.45) is 0 Å². The molecule has 11 rings (SSSR count). The second kappa shape index (κ2) is 13.0. The summed E-state index contributed by atoms with van der Waals surface area (Å²) in [6.07, 6.45) is 6.49. The van der Waals surface area contributed by atoms with Gasteiger partial charge in [-0.2, -0.15) is 0 Å². The van der Waals surface area contributed by atoms with Crippen molar-refractivity contribution in [3.63, 3.8) is 0 Å². The lowest BCUT2D eigenvalue weighted by Gasteiger charge is -2.13. The molecule has 0 aliphatic carbocycles. The highest BCUT2D eigenvalue weighted by Crippen LogP contribution is 2.45. The van der Waals surface area contributed by atoms with Gasteiger partial charge in [-0.15, -0.1) is 4.68 Å². The van der Waals surface area contributed by atoms with Gasteiger partial charge in [0, 0.05) is 61.7 Å². The minimum atomic E-state index is 1.07. The number of nitrogens with zero attached hydrogens (tertiary/aromatic N) is 5. The number of fused-ring (bicyclic) bond motifs is 7. The largest absolute Gasteiger partial charge is 0.452 e. The molecule has 0 atom stereocenters. The van der Waals surface area contributed by atoms with Gasteiger partial charge in [0.2, 0.25) is 11.4 Å². The number of para-hydroxylation sites is 5. The molecule has 0 aliphatic rings. The van der Waals surface area contributed by atoms with Crippen LogP contribution in [0.4, 0.5) is 0 Å². The van der Waals surface area contributed by atoms with Crippen LogP contribution in [-0.4, -0.2) is 9.24 Å². The quantitative estimate of drug-likeness (QED) is 0.153. The van der Waals surface area contributed by atoms with Gasteiger partial charge in [0.1, 0.15) is 11.0 Å². The molecule has 0 N–H and O–H groups in total. The van der Waals surface area contributed by atoms with Crippen LogP contribution < -0.4 is 13.8 Å². The molecule has 0 saturated carbocycles. The molecule has 3 aromatic heterocycles. The van der Waals surface area contributed by atoms with Crippen LogP contribution in [0.2, 0.25) is 0 Å². The van der Waals surface area contributed by atoms with E-state index in [-0.39, 0.29) is 0 Å². The van der Waals surface area contributed by atoms with Crippen LogP contribution >= 0.6 is 0 Å². The highest BCUT2D eigenvalue weighted by molar-refractivity contribution is 6.31. The first kappa shape index (κ1) is 31.9. The van der Waals surface area contributed by atoms with Crippen molar-refractivity contribution in [3.8, 4) is 39.3 Å². The fourth-order valence-corrected chi connectivity index (χ4v) is 8.45. The molecular formula is C51H36N5+3. The lowest BCUT2D eigenvalue weighted by atomic mass is 9.95. The summed E-state index contributed by atoms with van der Waals surface area (Å²) < 4.78 is 11.5. The molecule has 0 spiro atoms. The van der Waals surface area contributed by atoms with E-state index in [0.717, 1.165) is 39.2 Å². The van der Waals surface area contributed by atoms with Crippen molar-refractivity contribution in [2.45, 2.75) is 0 Å². The minimum Gasteiger partial charge on any atom is -0.309 e. The van der Waals surface area contributed by atoms with Crippen molar-refractivity contribution in [3.05, 3.63) is 219 Å². The van der Waals surface area contributed by atoms with E-state index in [2.05, 4.69) is 242 Å². The van der Waals surface area contributed by atoms with E-state index >= 15 is 0 Å². The van der Waals surface area contributed by atoms with Crippen molar-refractivity contribution in [2.75, 3.05) is 0 Å². The molecular weight excluding hydrogens is 683 g/mol.